The van der Waals surface area contributed by atoms with Gasteiger partial charge in [0.15, 0.2) is 0 Å². The van der Waals surface area contributed by atoms with Crippen molar-refractivity contribution < 1.29 is 9.90 Å². The number of nitrogen functional groups attached to an aromatic ring is 1. The van der Waals surface area contributed by atoms with Crippen molar-refractivity contribution in [3.8, 4) is 0 Å². The number of unbranched alkanes of at least 4 members (excludes halogenated alkanes) is 2. The lowest BCUT2D eigenvalue weighted by Crippen LogP contribution is -1.92. The van der Waals surface area contributed by atoms with Crippen LogP contribution in [0.15, 0.2) is 18.3 Å². The molecule has 0 amide bonds. The van der Waals surface area contributed by atoms with Crippen LogP contribution in [0.5, 0.6) is 0 Å². The van der Waals surface area contributed by atoms with E-state index in [1.807, 2.05) is 12.1 Å². The molecule has 0 unspecified atom stereocenters. The molecule has 4 nitrogen and oxygen atoms in total. The lowest BCUT2D eigenvalue weighted by Gasteiger charge is -1.99. The fourth-order valence-corrected chi connectivity index (χ4v) is 1.19. The summed E-state index contributed by atoms with van der Waals surface area (Å²) < 4.78 is 0. The zero-order valence-corrected chi connectivity index (χ0v) is 9.02. The Morgan fingerprint density at radius 3 is 2.73 bits per heavy atom. The molecule has 0 atom stereocenters. The lowest BCUT2D eigenvalue weighted by molar-refractivity contribution is -0.122. The standard InChI is InChI=1S/C10H16N2.CH2O2/c1-2-3-4-5-10-8-9(11)6-7-12-10;2-1-3/h6-8H,2-5H2,1H3,(H2,11,12);1H,(H,2,3). The fraction of sp³-hybridized carbons (Fsp3) is 0.455. The Balaban J connectivity index is 0.000000583. The number of pyridine rings is 1. The van der Waals surface area contributed by atoms with E-state index in [1.165, 1.54) is 19.3 Å². The van der Waals surface area contributed by atoms with Crippen molar-refractivity contribution in [1.82, 2.24) is 4.98 Å². The highest BCUT2D eigenvalue weighted by atomic mass is 16.3. The maximum atomic E-state index is 8.36. The van der Waals surface area contributed by atoms with E-state index in [-0.39, 0.29) is 6.47 Å². The number of aryl methyl sites for hydroxylation is 1. The predicted molar refractivity (Wildman–Crippen MR) is 60.6 cm³/mol. The first kappa shape index (κ1) is 13.4. The van der Waals surface area contributed by atoms with E-state index < -0.39 is 0 Å². The maximum absolute atomic E-state index is 8.36. The Labute approximate surface area is 90.1 Å². The SMILES string of the molecule is CCCCCc1cc(N)ccn1.O=CO. The van der Waals surface area contributed by atoms with E-state index >= 15 is 0 Å². The number of carbonyl (C=O) groups is 1. The summed E-state index contributed by atoms with van der Waals surface area (Å²) in [6.07, 6.45) is 6.57. The predicted octanol–water partition coefficient (Wildman–Crippen LogP) is 2.10. The molecule has 0 aliphatic heterocycles. The quantitative estimate of drug-likeness (QED) is 0.589. The van der Waals surface area contributed by atoms with Crippen molar-refractivity contribution in [2.45, 2.75) is 32.6 Å². The van der Waals surface area contributed by atoms with Gasteiger partial charge in [-0.15, -0.1) is 0 Å². The van der Waals surface area contributed by atoms with E-state index in [2.05, 4.69) is 11.9 Å². The Morgan fingerprint density at radius 1 is 1.53 bits per heavy atom. The molecule has 0 aromatic carbocycles. The molecule has 0 radical (unpaired) electrons. The average molecular weight is 210 g/mol. The van der Waals surface area contributed by atoms with Crippen molar-refractivity contribution in [1.29, 1.82) is 0 Å². The molecule has 1 heterocycles. The summed E-state index contributed by atoms with van der Waals surface area (Å²) in [6.45, 7) is 1.95. The van der Waals surface area contributed by atoms with Gasteiger partial charge in [0, 0.05) is 17.6 Å². The fourth-order valence-electron chi connectivity index (χ4n) is 1.19. The summed E-state index contributed by atoms with van der Waals surface area (Å²) in [5.41, 5.74) is 7.55. The van der Waals surface area contributed by atoms with Gasteiger partial charge in [0.05, 0.1) is 0 Å². The Bertz CT molecular complexity index is 277. The zero-order valence-electron chi connectivity index (χ0n) is 9.02. The van der Waals surface area contributed by atoms with E-state index in [0.29, 0.717) is 0 Å². The van der Waals surface area contributed by atoms with Crippen LogP contribution in [0.25, 0.3) is 0 Å². The molecule has 3 N–H and O–H groups in total. The second-order valence-corrected chi connectivity index (χ2v) is 3.14. The highest BCUT2D eigenvalue weighted by Crippen LogP contribution is 2.07. The van der Waals surface area contributed by atoms with Gasteiger partial charge in [-0.05, 0) is 25.0 Å². The molecule has 0 aliphatic carbocycles. The summed E-state index contributed by atoms with van der Waals surface area (Å²) in [6, 6.07) is 3.78. The number of anilines is 1. The third kappa shape index (κ3) is 7.49. The summed E-state index contributed by atoms with van der Waals surface area (Å²) in [5, 5.41) is 6.89. The minimum atomic E-state index is -0.250. The van der Waals surface area contributed by atoms with Gasteiger partial charge in [-0.1, -0.05) is 19.8 Å². The van der Waals surface area contributed by atoms with E-state index in [9.17, 15) is 0 Å². The van der Waals surface area contributed by atoms with Gasteiger partial charge in [-0.3, -0.25) is 9.78 Å². The summed E-state index contributed by atoms with van der Waals surface area (Å²) in [7, 11) is 0. The van der Waals surface area contributed by atoms with Gasteiger partial charge in [-0.2, -0.15) is 0 Å². The average Bonchev–Trinajstić information content (AvgIpc) is 2.19. The minimum absolute atomic E-state index is 0.250. The smallest absolute Gasteiger partial charge is 0.290 e. The normalized spacial score (nSPS) is 8.87. The summed E-state index contributed by atoms with van der Waals surface area (Å²) >= 11 is 0. The largest absolute Gasteiger partial charge is 0.483 e. The Hall–Kier alpha value is -1.58. The molecular formula is C11H18N2O2. The minimum Gasteiger partial charge on any atom is -0.483 e. The van der Waals surface area contributed by atoms with Crippen LogP contribution < -0.4 is 5.73 Å². The number of aromatic nitrogens is 1. The Morgan fingerprint density at radius 2 is 2.20 bits per heavy atom. The van der Waals surface area contributed by atoms with Crippen molar-refractivity contribution in [3.63, 3.8) is 0 Å². The highest BCUT2D eigenvalue weighted by molar-refractivity contribution is 5.37. The van der Waals surface area contributed by atoms with Gasteiger partial charge >= 0.3 is 0 Å². The second-order valence-electron chi connectivity index (χ2n) is 3.14. The monoisotopic (exact) mass is 210 g/mol. The molecule has 0 spiro atoms. The first-order valence-corrected chi connectivity index (χ1v) is 5.02. The van der Waals surface area contributed by atoms with Crippen molar-refractivity contribution in [2.75, 3.05) is 5.73 Å². The molecule has 0 aliphatic rings. The molecule has 1 rings (SSSR count). The molecule has 15 heavy (non-hydrogen) atoms. The number of carboxylic acid groups (broad SMARTS) is 1. The topological polar surface area (TPSA) is 76.2 Å². The van der Waals surface area contributed by atoms with Crippen molar-refractivity contribution in [3.05, 3.63) is 24.0 Å². The number of nitrogens with two attached hydrogens (primary N) is 1. The van der Waals surface area contributed by atoms with Gasteiger partial charge in [0.2, 0.25) is 0 Å². The number of rotatable bonds is 4. The number of nitrogens with zero attached hydrogens (tertiary/aromatic N) is 1. The molecule has 0 saturated heterocycles. The van der Waals surface area contributed by atoms with Crippen LogP contribution in [-0.4, -0.2) is 16.6 Å². The molecule has 1 aromatic rings. The van der Waals surface area contributed by atoms with Gasteiger partial charge in [-0.25, -0.2) is 0 Å². The van der Waals surface area contributed by atoms with Crippen LogP contribution >= 0.6 is 0 Å². The van der Waals surface area contributed by atoms with Gasteiger partial charge in [0.1, 0.15) is 0 Å². The van der Waals surface area contributed by atoms with Gasteiger partial charge < -0.3 is 10.8 Å². The highest BCUT2D eigenvalue weighted by Gasteiger charge is 1.94. The third-order valence-electron chi connectivity index (χ3n) is 1.88. The van der Waals surface area contributed by atoms with Crippen LogP contribution in [0, 0.1) is 0 Å². The first-order chi connectivity index (χ1) is 7.24. The first-order valence-electron chi connectivity index (χ1n) is 5.02. The van der Waals surface area contributed by atoms with Crippen LogP contribution in [-0.2, 0) is 11.2 Å². The van der Waals surface area contributed by atoms with Crippen LogP contribution in [0.1, 0.15) is 31.9 Å². The molecule has 84 valence electrons. The second kappa shape index (κ2) is 8.99. The molecule has 0 bridgehead atoms. The van der Waals surface area contributed by atoms with Crippen LogP contribution in [0.4, 0.5) is 5.69 Å². The van der Waals surface area contributed by atoms with E-state index in [0.717, 1.165) is 17.8 Å². The molecule has 0 saturated carbocycles. The molecule has 0 fully saturated rings. The van der Waals surface area contributed by atoms with Crippen LogP contribution in [0.2, 0.25) is 0 Å². The molecule has 4 heteroatoms. The van der Waals surface area contributed by atoms with E-state index in [1.54, 1.807) is 6.20 Å². The van der Waals surface area contributed by atoms with Crippen molar-refractivity contribution in [2.24, 2.45) is 0 Å². The van der Waals surface area contributed by atoms with E-state index in [4.69, 9.17) is 15.6 Å². The Kier molecular flexibility index (Phi) is 8.05. The summed E-state index contributed by atoms with van der Waals surface area (Å²) in [5.74, 6) is 0. The summed E-state index contributed by atoms with van der Waals surface area (Å²) in [4.78, 5) is 12.6. The lowest BCUT2D eigenvalue weighted by atomic mass is 10.1. The number of hydrogen-bond donors (Lipinski definition) is 2. The maximum Gasteiger partial charge on any atom is 0.290 e. The third-order valence-corrected chi connectivity index (χ3v) is 1.88. The molecular weight excluding hydrogens is 192 g/mol. The number of hydrogen-bond acceptors (Lipinski definition) is 3. The zero-order chi connectivity index (χ0) is 11.5. The molecule has 1 aromatic heterocycles. The van der Waals surface area contributed by atoms with Crippen LogP contribution in [0.3, 0.4) is 0 Å². The van der Waals surface area contributed by atoms with Gasteiger partial charge in [0.25, 0.3) is 6.47 Å². The van der Waals surface area contributed by atoms with Crippen molar-refractivity contribution >= 4 is 12.2 Å².